The molecule has 0 rings (SSSR count). The van der Waals surface area contributed by atoms with Gasteiger partial charge in [0.1, 0.15) is 0 Å². The van der Waals surface area contributed by atoms with Crippen molar-refractivity contribution in [3.05, 3.63) is 4.91 Å². The molecule has 0 aliphatic carbocycles. The van der Waals surface area contributed by atoms with Crippen LogP contribution < -0.4 is 0 Å². The average molecular weight is 177 g/mol. The van der Waals surface area contributed by atoms with E-state index in [0.717, 1.165) is 7.11 Å². The summed E-state index contributed by atoms with van der Waals surface area (Å²) in [5.74, 6) is -2.07. The molecule has 0 amide bonds. The van der Waals surface area contributed by atoms with E-state index in [4.69, 9.17) is 5.26 Å². The lowest BCUT2D eigenvalue weighted by Gasteiger charge is -2.02. The quantitative estimate of drug-likeness (QED) is 0.273. The molecule has 1 N–H and O–H groups in total. The van der Waals surface area contributed by atoms with Crippen molar-refractivity contribution in [2.45, 2.75) is 12.5 Å². The van der Waals surface area contributed by atoms with E-state index in [9.17, 15) is 14.5 Å². The van der Waals surface area contributed by atoms with Crippen molar-refractivity contribution < 1.29 is 24.5 Å². The van der Waals surface area contributed by atoms with Crippen molar-refractivity contribution >= 4 is 11.9 Å². The summed E-state index contributed by atoms with van der Waals surface area (Å²) in [5.41, 5.74) is 0. The molecule has 0 saturated carbocycles. The van der Waals surface area contributed by atoms with Crippen molar-refractivity contribution in [3.8, 4) is 0 Å². The Hall–Kier alpha value is -1.50. The van der Waals surface area contributed by atoms with Crippen LogP contribution in [0, 0.1) is 4.91 Å². The average Bonchev–Trinajstić information content (AvgIpc) is 2.12. The highest BCUT2D eigenvalue weighted by Crippen LogP contribution is 2.01. The summed E-state index contributed by atoms with van der Waals surface area (Å²) in [6.07, 6.45) is -0.632. The summed E-state index contributed by atoms with van der Waals surface area (Å²) < 4.78 is 4.13. The Kier molecular flexibility index (Phi) is 4.54. The highest BCUT2D eigenvalue weighted by molar-refractivity contribution is 5.82. The minimum Gasteiger partial charge on any atom is -0.467 e. The molecular weight excluding hydrogens is 170 g/mol. The molecule has 0 aromatic rings. The van der Waals surface area contributed by atoms with E-state index in [-0.39, 0.29) is 0 Å². The maximum atomic E-state index is 10.6. The van der Waals surface area contributed by atoms with Crippen LogP contribution in [0.2, 0.25) is 0 Å². The Balaban J connectivity index is 4.08. The third-order valence-corrected chi connectivity index (χ3v) is 1.06. The van der Waals surface area contributed by atoms with E-state index in [2.05, 4.69) is 14.8 Å². The van der Waals surface area contributed by atoms with Gasteiger partial charge in [-0.3, -0.25) is 0 Å². The van der Waals surface area contributed by atoms with Crippen molar-refractivity contribution in [1.82, 2.24) is 0 Å². The summed E-state index contributed by atoms with van der Waals surface area (Å²) in [4.78, 5) is 34.1. The largest absolute Gasteiger partial charge is 0.467 e. The van der Waals surface area contributed by atoms with Crippen LogP contribution in [0.4, 0.5) is 0 Å². The molecular formula is C5H7NO6. The van der Waals surface area contributed by atoms with Crippen molar-refractivity contribution in [2.24, 2.45) is 5.18 Å². The molecule has 68 valence electrons. The predicted octanol–water partition coefficient (Wildman–Crippen LogP) is -0.299. The molecule has 0 saturated heterocycles. The Morgan fingerprint density at radius 1 is 1.58 bits per heavy atom. The van der Waals surface area contributed by atoms with Gasteiger partial charge in [0.15, 0.2) is 6.04 Å². The Morgan fingerprint density at radius 2 is 2.17 bits per heavy atom. The fourth-order valence-corrected chi connectivity index (χ4v) is 0.495. The van der Waals surface area contributed by atoms with E-state index < -0.39 is 24.4 Å². The minimum atomic E-state index is -1.46. The summed E-state index contributed by atoms with van der Waals surface area (Å²) in [7, 11) is 1.05. The fourth-order valence-electron chi connectivity index (χ4n) is 0.495. The van der Waals surface area contributed by atoms with Crippen LogP contribution in [0.15, 0.2) is 5.18 Å². The van der Waals surface area contributed by atoms with Crippen LogP contribution in [0.5, 0.6) is 0 Å². The van der Waals surface area contributed by atoms with Gasteiger partial charge in [0, 0.05) is 0 Å². The SMILES string of the molecule is COC(=O)C(CC(=O)OO)N=O. The highest BCUT2D eigenvalue weighted by atomic mass is 17.1. The second kappa shape index (κ2) is 5.19. The first-order chi connectivity index (χ1) is 5.65. The first-order valence-electron chi connectivity index (χ1n) is 2.90. The molecule has 0 aliphatic rings. The first kappa shape index (κ1) is 10.5. The van der Waals surface area contributed by atoms with Gasteiger partial charge >= 0.3 is 11.9 Å². The zero-order chi connectivity index (χ0) is 9.56. The Labute approximate surface area is 67.2 Å². The second-order valence-electron chi connectivity index (χ2n) is 1.81. The molecule has 7 nitrogen and oxygen atoms in total. The first-order valence-corrected chi connectivity index (χ1v) is 2.90. The van der Waals surface area contributed by atoms with Gasteiger partial charge in [-0.2, -0.15) is 5.26 Å². The predicted molar refractivity (Wildman–Crippen MR) is 34.9 cm³/mol. The highest BCUT2D eigenvalue weighted by Gasteiger charge is 2.24. The number of hydrogen-bond donors (Lipinski definition) is 1. The van der Waals surface area contributed by atoms with Crippen molar-refractivity contribution in [1.29, 1.82) is 0 Å². The van der Waals surface area contributed by atoms with Gasteiger partial charge in [0.2, 0.25) is 0 Å². The van der Waals surface area contributed by atoms with E-state index in [0.29, 0.717) is 0 Å². The van der Waals surface area contributed by atoms with Gasteiger partial charge in [0.05, 0.1) is 13.5 Å². The molecule has 0 aromatic carbocycles. The van der Waals surface area contributed by atoms with Gasteiger partial charge in [-0.25, -0.2) is 9.59 Å². The lowest BCUT2D eigenvalue weighted by molar-refractivity contribution is -0.234. The summed E-state index contributed by atoms with van der Waals surface area (Å²) in [5, 5.41) is 10.1. The van der Waals surface area contributed by atoms with E-state index >= 15 is 0 Å². The lowest BCUT2D eigenvalue weighted by Crippen LogP contribution is -2.23. The second-order valence-corrected chi connectivity index (χ2v) is 1.81. The molecule has 12 heavy (non-hydrogen) atoms. The van der Waals surface area contributed by atoms with Gasteiger partial charge in [0.25, 0.3) is 0 Å². The number of carbonyl (C=O) groups is 2. The third-order valence-electron chi connectivity index (χ3n) is 1.06. The van der Waals surface area contributed by atoms with Crippen molar-refractivity contribution in [3.63, 3.8) is 0 Å². The Bertz CT molecular complexity index is 190. The number of methoxy groups -OCH3 is 1. The zero-order valence-corrected chi connectivity index (χ0v) is 6.22. The van der Waals surface area contributed by atoms with Gasteiger partial charge in [-0.05, 0) is 0 Å². The van der Waals surface area contributed by atoms with Crippen LogP contribution >= 0.6 is 0 Å². The van der Waals surface area contributed by atoms with E-state index in [1.807, 2.05) is 0 Å². The van der Waals surface area contributed by atoms with Crippen LogP contribution in [0.25, 0.3) is 0 Å². The van der Waals surface area contributed by atoms with Crippen LogP contribution in [-0.2, 0) is 19.2 Å². The zero-order valence-electron chi connectivity index (χ0n) is 6.22. The van der Waals surface area contributed by atoms with E-state index in [1.54, 1.807) is 0 Å². The summed E-state index contributed by atoms with van der Waals surface area (Å²) in [6, 6.07) is -1.46. The van der Waals surface area contributed by atoms with Gasteiger partial charge < -0.3 is 9.62 Å². The number of nitroso groups, excluding NO2 is 1. The van der Waals surface area contributed by atoms with Crippen LogP contribution in [-0.4, -0.2) is 30.3 Å². The van der Waals surface area contributed by atoms with Gasteiger partial charge in [-0.1, -0.05) is 5.18 Å². The smallest absolute Gasteiger partial charge is 0.344 e. The summed E-state index contributed by atoms with van der Waals surface area (Å²) in [6.45, 7) is 0. The molecule has 7 heteroatoms. The number of esters is 1. The molecule has 1 atom stereocenters. The number of nitrogens with zero attached hydrogens (tertiary/aromatic N) is 1. The fraction of sp³-hybridized carbons (Fsp3) is 0.600. The number of carbonyl (C=O) groups excluding carboxylic acids is 2. The molecule has 0 aliphatic heterocycles. The normalized spacial score (nSPS) is 11.5. The third kappa shape index (κ3) is 3.06. The maximum absolute atomic E-state index is 10.6. The van der Waals surface area contributed by atoms with Crippen molar-refractivity contribution in [2.75, 3.05) is 7.11 Å². The molecule has 0 spiro atoms. The van der Waals surface area contributed by atoms with Crippen LogP contribution in [0.3, 0.4) is 0 Å². The molecule has 0 radical (unpaired) electrons. The molecule has 0 bridgehead atoms. The molecule has 0 heterocycles. The minimum absolute atomic E-state index is 0.632. The topological polar surface area (TPSA) is 102 Å². The molecule has 1 unspecified atom stereocenters. The standard InChI is InChI=1S/C5H7NO6/c1-11-5(8)3(6-9)2-4(7)12-10/h3,10H,2H2,1H3. The van der Waals surface area contributed by atoms with E-state index in [1.165, 1.54) is 0 Å². The maximum Gasteiger partial charge on any atom is 0.344 e. The molecule has 0 fully saturated rings. The number of hydrogen-bond acceptors (Lipinski definition) is 7. The van der Waals surface area contributed by atoms with Crippen LogP contribution in [0.1, 0.15) is 6.42 Å². The number of ether oxygens (including phenoxy) is 1. The molecule has 0 aromatic heterocycles. The van der Waals surface area contributed by atoms with Gasteiger partial charge in [-0.15, -0.1) is 4.91 Å². The monoisotopic (exact) mass is 177 g/mol. The lowest BCUT2D eigenvalue weighted by atomic mass is 10.2. The number of rotatable bonds is 4. The Morgan fingerprint density at radius 3 is 2.50 bits per heavy atom. The summed E-state index contributed by atoms with van der Waals surface area (Å²) >= 11 is 0.